The van der Waals surface area contributed by atoms with Gasteiger partial charge in [0.2, 0.25) is 0 Å². The summed E-state index contributed by atoms with van der Waals surface area (Å²) in [5.41, 5.74) is 0. The molecule has 60 valence electrons. The lowest BCUT2D eigenvalue weighted by Crippen LogP contribution is -2.33. The van der Waals surface area contributed by atoms with Crippen LogP contribution in [0.25, 0.3) is 0 Å². The third-order valence-corrected chi connectivity index (χ3v) is 1.22. The van der Waals surface area contributed by atoms with Crippen molar-refractivity contribution >= 4 is 0 Å². The first kappa shape index (κ1) is 9.62. The van der Waals surface area contributed by atoms with Crippen LogP contribution < -0.4 is 0 Å². The maximum absolute atomic E-state index is 4.95. The van der Waals surface area contributed by atoms with Gasteiger partial charge in [0, 0.05) is 27.4 Å². The minimum absolute atomic E-state index is 1.01. The smallest absolute Gasteiger partial charge is 0.303 e. The van der Waals surface area contributed by atoms with Crippen molar-refractivity contribution in [3.8, 4) is 0 Å². The topological polar surface area (TPSA) is 27.7 Å². The highest BCUT2D eigenvalue weighted by Crippen LogP contribution is 2.12. The minimum atomic E-state index is -1.01. The Balaban J connectivity index is 4.15. The van der Waals surface area contributed by atoms with Crippen molar-refractivity contribution in [2.24, 2.45) is 0 Å². The van der Waals surface area contributed by atoms with Crippen molar-refractivity contribution in [3.05, 3.63) is 12.2 Å². The first-order chi connectivity index (χ1) is 4.74. The molecule has 0 aromatic rings. The summed E-state index contributed by atoms with van der Waals surface area (Å²) >= 11 is 0. The molecule has 0 bridgehead atoms. The average Bonchev–Trinajstić information content (AvgIpc) is 2.01. The molecule has 0 unspecified atom stereocenters. The van der Waals surface area contributed by atoms with E-state index in [0.29, 0.717) is 0 Å². The fraction of sp³-hybridized carbons (Fsp3) is 0.714. The van der Waals surface area contributed by atoms with E-state index in [9.17, 15) is 0 Å². The highest BCUT2D eigenvalue weighted by molar-refractivity contribution is 4.87. The molecule has 3 heteroatoms. The average molecular weight is 146 g/mol. The number of ether oxygens (including phenoxy) is 3. The van der Waals surface area contributed by atoms with E-state index in [0.717, 1.165) is 0 Å². The van der Waals surface area contributed by atoms with Crippen LogP contribution in [-0.4, -0.2) is 27.3 Å². The standard InChI is InChI=1S/C7H14O3/c1-5-6-7(8-2,9-3)10-4/h5-6H,1-4H3/b6-5+. The van der Waals surface area contributed by atoms with Crippen LogP contribution in [0.1, 0.15) is 6.92 Å². The third kappa shape index (κ3) is 2.10. The van der Waals surface area contributed by atoms with Crippen LogP contribution in [0.3, 0.4) is 0 Å². The Hall–Kier alpha value is -0.380. The first-order valence-electron chi connectivity index (χ1n) is 3.04. The molecule has 0 aliphatic heterocycles. The van der Waals surface area contributed by atoms with Crippen molar-refractivity contribution in [2.45, 2.75) is 12.9 Å². The van der Waals surface area contributed by atoms with E-state index in [2.05, 4.69) is 0 Å². The quantitative estimate of drug-likeness (QED) is 0.440. The van der Waals surface area contributed by atoms with Gasteiger partial charge in [-0.15, -0.1) is 0 Å². The van der Waals surface area contributed by atoms with E-state index in [1.54, 1.807) is 12.2 Å². The zero-order valence-electron chi connectivity index (χ0n) is 6.88. The molecule has 0 N–H and O–H groups in total. The Labute approximate surface area is 61.6 Å². The number of methoxy groups -OCH3 is 3. The van der Waals surface area contributed by atoms with Crippen molar-refractivity contribution in [1.29, 1.82) is 0 Å². The van der Waals surface area contributed by atoms with Crippen molar-refractivity contribution in [1.82, 2.24) is 0 Å². The van der Waals surface area contributed by atoms with Gasteiger partial charge in [0.1, 0.15) is 0 Å². The molecule has 3 nitrogen and oxygen atoms in total. The predicted molar refractivity (Wildman–Crippen MR) is 38.6 cm³/mol. The maximum atomic E-state index is 4.95. The van der Waals surface area contributed by atoms with E-state index in [4.69, 9.17) is 14.2 Å². The first-order valence-corrected chi connectivity index (χ1v) is 3.04. The molecule has 0 aliphatic carbocycles. The largest absolute Gasteiger partial charge is 0.327 e. The predicted octanol–water partition coefficient (Wildman–Crippen LogP) is 1.16. The van der Waals surface area contributed by atoms with Gasteiger partial charge in [0.05, 0.1) is 0 Å². The summed E-state index contributed by atoms with van der Waals surface area (Å²) in [6.07, 6.45) is 3.49. The van der Waals surface area contributed by atoms with Gasteiger partial charge in [-0.2, -0.15) is 0 Å². The lowest BCUT2D eigenvalue weighted by Gasteiger charge is -2.24. The summed E-state index contributed by atoms with van der Waals surface area (Å²) in [5, 5.41) is 0. The van der Waals surface area contributed by atoms with Crippen LogP contribution in [0, 0.1) is 0 Å². The number of hydrogen-bond acceptors (Lipinski definition) is 3. The molecule has 0 atom stereocenters. The molecule has 0 aromatic heterocycles. The van der Waals surface area contributed by atoms with Crippen LogP contribution in [0.15, 0.2) is 12.2 Å². The lowest BCUT2D eigenvalue weighted by molar-refractivity contribution is -0.318. The van der Waals surface area contributed by atoms with Crippen molar-refractivity contribution in [2.75, 3.05) is 21.3 Å². The molecular formula is C7H14O3. The fourth-order valence-electron chi connectivity index (χ4n) is 0.658. The zero-order chi connectivity index (χ0) is 8.04. The van der Waals surface area contributed by atoms with E-state index in [1.165, 1.54) is 21.3 Å². The van der Waals surface area contributed by atoms with Crippen LogP contribution >= 0.6 is 0 Å². The summed E-state index contributed by atoms with van der Waals surface area (Å²) < 4.78 is 14.8. The molecule has 0 saturated carbocycles. The van der Waals surface area contributed by atoms with E-state index >= 15 is 0 Å². The number of rotatable bonds is 4. The monoisotopic (exact) mass is 146 g/mol. The molecule has 0 radical (unpaired) electrons. The summed E-state index contributed by atoms with van der Waals surface area (Å²) in [6, 6.07) is 0. The van der Waals surface area contributed by atoms with Gasteiger partial charge in [-0.25, -0.2) is 0 Å². The molecule has 0 aliphatic rings. The second-order valence-electron chi connectivity index (χ2n) is 1.72. The van der Waals surface area contributed by atoms with Crippen LogP contribution in [0.4, 0.5) is 0 Å². The number of allylic oxidation sites excluding steroid dienone is 1. The van der Waals surface area contributed by atoms with Gasteiger partial charge >= 0.3 is 5.97 Å². The summed E-state index contributed by atoms with van der Waals surface area (Å²) in [7, 11) is 4.56. The van der Waals surface area contributed by atoms with Crippen molar-refractivity contribution in [3.63, 3.8) is 0 Å². The fourth-order valence-corrected chi connectivity index (χ4v) is 0.658. The number of hydrogen-bond donors (Lipinski definition) is 0. The summed E-state index contributed by atoms with van der Waals surface area (Å²) in [4.78, 5) is 0. The highest BCUT2D eigenvalue weighted by atomic mass is 16.9. The van der Waals surface area contributed by atoms with Gasteiger partial charge in [0.25, 0.3) is 0 Å². The van der Waals surface area contributed by atoms with E-state index < -0.39 is 5.97 Å². The van der Waals surface area contributed by atoms with Crippen LogP contribution in [0.2, 0.25) is 0 Å². The Morgan fingerprint density at radius 1 is 1.00 bits per heavy atom. The Morgan fingerprint density at radius 3 is 1.50 bits per heavy atom. The third-order valence-electron chi connectivity index (χ3n) is 1.22. The van der Waals surface area contributed by atoms with Crippen LogP contribution in [-0.2, 0) is 14.2 Å². The van der Waals surface area contributed by atoms with E-state index in [-0.39, 0.29) is 0 Å². The molecular weight excluding hydrogens is 132 g/mol. The van der Waals surface area contributed by atoms with Crippen molar-refractivity contribution < 1.29 is 14.2 Å². The normalized spacial score (nSPS) is 12.8. The summed E-state index contributed by atoms with van der Waals surface area (Å²) in [5.74, 6) is -1.01. The zero-order valence-corrected chi connectivity index (χ0v) is 6.88. The molecule has 0 spiro atoms. The Morgan fingerprint density at radius 2 is 1.40 bits per heavy atom. The Bertz CT molecular complexity index is 97.2. The van der Waals surface area contributed by atoms with E-state index in [1.807, 2.05) is 6.92 Å². The van der Waals surface area contributed by atoms with Crippen LogP contribution in [0.5, 0.6) is 0 Å². The Kier molecular flexibility index (Phi) is 4.27. The van der Waals surface area contributed by atoms with Gasteiger partial charge in [-0.3, -0.25) is 0 Å². The van der Waals surface area contributed by atoms with Gasteiger partial charge < -0.3 is 14.2 Å². The lowest BCUT2D eigenvalue weighted by atomic mass is 10.4. The molecule has 10 heavy (non-hydrogen) atoms. The second kappa shape index (κ2) is 4.44. The second-order valence-corrected chi connectivity index (χ2v) is 1.72. The SMILES string of the molecule is C/C=C/C(OC)(OC)OC. The molecule has 0 rings (SSSR count). The molecule has 0 saturated heterocycles. The van der Waals surface area contributed by atoms with Gasteiger partial charge in [-0.1, -0.05) is 6.08 Å². The summed E-state index contributed by atoms with van der Waals surface area (Å²) in [6.45, 7) is 1.87. The highest BCUT2D eigenvalue weighted by Gasteiger charge is 2.24. The molecule has 0 aromatic carbocycles. The minimum Gasteiger partial charge on any atom is -0.327 e. The molecule has 0 fully saturated rings. The van der Waals surface area contributed by atoms with Gasteiger partial charge in [0.15, 0.2) is 0 Å². The maximum Gasteiger partial charge on any atom is 0.303 e. The van der Waals surface area contributed by atoms with Gasteiger partial charge in [-0.05, 0) is 6.92 Å². The molecule has 0 amide bonds. The molecule has 0 heterocycles.